The first-order chi connectivity index (χ1) is 9.46. The van der Waals surface area contributed by atoms with Crippen LogP contribution in [0.15, 0.2) is 34.3 Å². The molecule has 20 heavy (non-hydrogen) atoms. The predicted octanol–water partition coefficient (Wildman–Crippen LogP) is 3.62. The summed E-state index contributed by atoms with van der Waals surface area (Å²) in [6.07, 6.45) is 6.96. The van der Waals surface area contributed by atoms with Crippen molar-refractivity contribution in [3.63, 3.8) is 0 Å². The molecule has 1 aliphatic rings. The van der Waals surface area contributed by atoms with Gasteiger partial charge in [0.05, 0.1) is 0 Å². The second-order valence-corrected chi connectivity index (χ2v) is 7.88. The van der Waals surface area contributed by atoms with Crippen LogP contribution < -0.4 is 0 Å². The maximum absolute atomic E-state index is 12.8. The van der Waals surface area contributed by atoms with Gasteiger partial charge >= 0.3 is 0 Å². The minimum absolute atomic E-state index is 0.000240. The lowest BCUT2D eigenvalue weighted by Gasteiger charge is -2.27. The molecule has 0 aromatic carbocycles. The van der Waals surface area contributed by atoms with Crippen LogP contribution in [0, 0.1) is 0 Å². The molecule has 0 atom stereocenters. The molecule has 110 valence electrons. The Morgan fingerprint density at radius 2 is 2.15 bits per heavy atom. The van der Waals surface area contributed by atoms with Crippen molar-refractivity contribution in [2.45, 2.75) is 36.6 Å². The van der Waals surface area contributed by atoms with Gasteiger partial charge in [0, 0.05) is 23.3 Å². The predicted molar refractivity (Wildman–Crippen MR) is 83.3 cm³/mol. The van der Waals surface area contributed by atoms with Crippen LogP contribution in [-0.4, -0.2) is 30.3 Å². The Hall–Kier alpha value is -0.430. The fourth-order valence-corrected chi connectivity index (χ4v) is 5.05. The van der Waals surface area contributed by atoms with Gasteiger partial charge in [-0.05, 0) is 34.8 Å². The molecule has 4 nitrogen and oxygen atoms in total. The third-order valence-electron chi connectivity index (χ3n) is 3.40. The molecule has 1 aliphatic carbocycles. The number of sulfonamides is 1. The van der Waals surface area contributed by atoms with E-state index in [-0.39, 0.29) is 22.6 Å². The topological polar surface area (TPSA) is 50.3 Å². The summed E-state index contributed by atoms with van der Waals surface area (Å²) in [6.45, 7) is 3.94. The number of rotatable bonds is 5. The Balaban J connectivity index is 2.44. The Labute approximate surface area is 133 Å². The highest BCUT2D eigenvalue weighted by Crippen LogP contribution is 2.31. The van der Waals surface area contributed by atoms with Gasteiger partial charge < -0.3 is 0 Å². The Morgan fingerprint density at radius 1 is 1.50 bits per heavy atom. The number of hydrogen-bond acceptors (Lipinski definition) is 3. The molecule has 7 heteroatoms. The number of pyridine rings is 1. The summed E-state index contributed by atoms with van der Waals surface area (Å²) in [7, 11) is -3.66. The minimum Gasteiger partial charge on any atom is -0.242 e. The van der Waals surface area contributed by atoms with Crippen LogP contribution in [0.1, 0.15) is 25.7 Å². The van der Waals surface area contributed by atoms with Gasteiger partial charge in [-0.15, -0.1) is 6.58 Å². The summed E-state index contributed by atoms with van der Waals surface area (Å²) >= 11 is 9.20. The molecule has 0 aliphatic heterocycles. The van der Waals surface area contributed by atoms with E-state index in [2.05, 4.69) is 27.5 Å². The summed E-state index contributed by atoms with van der Waals surface area (Å²) in [5.41, 5.74) is 0. The zero-order valence-corrected chi connectivity index (χ0v) is 14.1. The molecule has 0 bridgehead atoms. The van der Waals surface area contributed by atoms with E-state index in [0.717, 1.165) is 25.7 Å². The van der Waals surface area contributed by atoms with Gasteiger partial charge in [0.15, 0.2) is 0 Å². The molecule has 1 aromatic rings. The van der Waals surface area contributed by atoms with Crippen molar-refractivity contribution < 1.29 is 8.42 Å². The number of nitrogens with zero attached hydrogens (tertiary/aromatic N) is 2. The normalized spacial score (nSPS) is 16.8. The first-order valence-corrected chi connectivity index (χ1v) is 9.01. The summed E-state index contributed by atoms with van der Waals surface area (Å²) in [5.74, 6) is 0. The average molecular weight is 380 g/mol. The Kier molecular flexibility index (Phi) is 5.23. The molecule has 0 amide bonds. The molecule has 1 heterocycles. The van der Waals surface area contributed by atoms with Gasteiger partial charge in [0.2, 0.25) is 10.0 Å². The minimum atomic E-state index is -3.66. The van der Waals surface area contributed by atoms with E-state index >= 15 is 0 Å². The zero-order valence-electron chi connectivity index (χ0n) is 10.9. The maximum atomic E-state index is 12.8. The monoisotopic (exact) mass is 378 g/mol. The van der Waals surface area contributed by atoms with E-state index in [4.69, 9.17) is 11.6 Å². The van der Waals surface area contributed by atoms with Crippen molar-refractivity contribution in [2.24, 2.45) is 0 Å². The maximum Gasteiger partial charge on any atom is 0.246 e. The van der Waals surface area contributed by atoms with Crippen LogP contribution in [0.5, 0.6) is 0 Å². The zero-order chi connectivity index (χ0) is 14.8. The van der Waals surface area contributed by atoms with Crippen molar-refractivity contribution in [3.05, 3.63) is 34.5 Å². The van der Waals surface area contributed by atoms with Crippen LogP contribution in [0.2, 0.25) is 5.15 Å². The van der Waals surface area contributed by atoms with E-state index in [1.165, 1.54) is 16.6 Å². The highest BCUT2D eigenvalue weighted by molar-refractivity contribution is 9.10. The van der Waals surface area contributed by atoms with Crippen molar-refractivity contribution in [2.75, 3.05) is 6.54 Å². The SMILES string of the molecule is C=CCN(C1CCCC1)S(=O)(=O)c1cc(Br)cnc1Cl. The quantitative estimate of drug-likeness (QED) is 0.580. The number of aromatic nitrogens is 1. The van der Waals surface area contributed by atoms with E-state index in [9.17, 15) is 8.42 Å². The molecule has 1 aromatic heterocycles. The van der Waals surface area contributed by atoms with Gasteiger partial charge in [-0.1, -0.05) is 30.5 Å². The van der Waals surface area contributed by atoms with Gasteiger partial charge in [-0.3, -0.25) is 0 Å². The van der Waals surface area contributed by atoms with Crippen molar-refractivity contribution in [1.29, 1.82) is 0 Å². The molecule has 2 rings (SSSR count). The van der Waals surface area contributed by atoms with Crippen molar-refractivity contribution in [1.82, 2.24) is 9.29 Å². The molecule has 1 fully saturated rings. The first kappa shape index (κ1) is 15.9. The van der Waals surface area contributed by atoms with Crippen LogP contribution in [-0.2, 0) is 10.0 Å². The smallest absolute Gasteiger partial charge is 0.242 e. The van der Waals surface area contributed by atoms with E-state index < -0.39 is 10.0 Å². The molecular formula is C13H16BrClN2O2S. The molecule has 0 spiro atoms. The summed E-state index contributed by atoms with van der Waals surface area (Å²) < 4.78 is 27.7. The summed E-state index contributed by atoms with van der Waals surface area (Å²) in [4.78, 5) is 3.94. The molecule has 0 N–H and O–H groups in total. The van der Waals surface area contributed by atoms with Crippen LogP contribution in [0.25, 0.3) is 0 Å². The standard InChI is InChI=1S/C13H16BrClN2O2S/c1-2-7-17(11-5-3-4-6-11)20(18,19)12-8-10(14)9-16-13(12)15/h2,8-9,11H,1,3-7H2. The van der Waals surface area contributed by atoms with Gasteiger partial charge in [-0.25, -0.2) is 13.4 Å². The number of halogens is 2. The Bertz CT molecular complexity index is 600. The molecule has 0 saturated heterocycles. The van der Waals surface area contributed by atoms with Crippen LogP contribution in [0.4, 0.5) is 0 Å². The fraction of sp³-hybridized carbons (Fsp3) is 0.462. The molecule has 1 saturated carbocycles. The summed E-state index contributed by atoms with van der Waals surface area (Å²) in [6, 6.07) is 1.52. The van der Waals surface area contributed by atoms with Gasteiger partial charge in [0.1, 0.15) is 10.0 Å². The third-order valence-corrected chi connectivity index (χ3v) is 6.18. The lowest BCUT2D eigenvalue weighted by molar-refractivity contribution is 0.347. The second-order valence-electron chi connectivity index (χ2n) is 4.74. The van der Waals surface area contributed by atoms with Crippen LogP contribution in [0.3, 0.4) is 0 Å². The highest BCUT2D eigenvalue weighted by Gasteiger charge is 2.34. The van der Waals surface area contributed by atoms with Gasteiger partial charge in [0.25, 0.3) is 0 Å². The van der Waals surface area contributed by atoms with E-state index in [1.807, 2.05) is 0 Å². The van der Waals surface area contributed by atoms with Crippen molar-refractivity contribution in [3.8, 4) is 0 Å². The molecule has 0 unspecified atom stereocenters. The van der Waals surface area contributed by atoms with Crippen LogP contribution >= 0.6 is 27.5 Å². The molecule has 0 radical (unpaired) electrons. The second kappa shape index (κ2) is 6.56. The highest BCUT2D eigenvalue weighted by atomic mass is 79.9. The van der Waals surface area contributed by atoms with E-state index in [1.54, 1.807) is 6.08 Å². The lowest BCUT2D eigenvalue weighted by atomic mass is 10.2. The largest absolute Gasteiger partial charge is 0.246 e. The molecular weight excluding hydrogens is 364 g/mol. The summed E-state index contributed by atoms with van der Waals surface area (Å²) in [5, 5.41) is 0.000240. The number of hydrogen-bond donors (Lipinski definition) is 0. The van der Waals surface area contributed by atoms with E-state index in [0.29, 0.717) is 4.47 Å². The van der Waals surface area contributed by atoms with Crippen molar-refractivity contribution >= 4 is 37.6 Å². The lowest BCUT2D eigenvalue weighted by Crippen LogP contribution is -2.39. The average Bonchev–Trinajstić information content (AvgIpc) is 2.92. The third kappa shape index (κ3) is 3.24. The Morgan fingerprint density at radius 3 is 2.75 bits per heavy atom. The fourth-order valence-electron chi connectivity index (χ4n) is 2.47. The van der Waals surface area contributed by atoms with Gasteiger partial charge in [-0.2, -0.15) is 4.31 Å². The first-order valence-electron chi connectivity index (χ1n) is 6.40.